The molecule has 0 saturated carbocycles. The molecule has 0 bridgehead atoms. The fourth-order valence-electron chi connectivity index (χ4n) is 1.01. The monoisotopic (exact) mass is 275 g/mol. The normalized spacial score (nSPS) is 10.5. The van der Waals surface area contributed by atoms with Crippen molar-refractivity contribution in [3.05, 3.63) is 16.0 Å². The topological polar surface area (TPSA) is 51.8 Å². The zero-order valence-corrected chi connectivity index (χ0v) is 10.8. The molecular weight excluding hydrogens is 262 g/mol. The van der Waals surface area contributed by atoms with Crippen LogP contribution in [-0.2, 0) is 5.75 Å². The van der Waals surface area contributed by atoms with Gasteiger partial charge in [0.05, 0.1) is 15.9 Å². The molecule has 0 atom stereocenters. The highest BCUT2D eigenvalue weighted by atomic mass is 79.9. The van der Waals surface area contributed by atoms with Crippen molar-refractivity contribution in [2.24, 2.45) is 0 Å². The van der Waals surface area contributed by atoms with Crippen LogP contribution in [0.2, 0.25) is 0 Å². The van der Waals surface area contributed by atoms with Gasteiger partial charge in [-0.3, -0.25) is 0 Å². The number of thioether (sulfide) groups is 1. The Balaban J connectivity index is 2.69. The van der Waals surface area contributed by atoms with Gasteiger partial charge in [-0.1, -0.05) is 6.92 Å². The highest BCUT2D eigenvalue weighted by molar-refractivity contribution is 9.10. The molecule has 3 nitrogen and oxygen atoms in total. The van der Waals surface area contributed by atoms with Crippen LogP contribution in [0.5, 0.6) is 0 Å². The van der Waals surface area contributed by atoms with Gasteiger partial charge in [-0.15, -0.1) is 0 Å². The molecule has 0 aliphatic rings. The Kier molecular flexibility index (Phi) is 4.68. The van der Waals surface area contributed by atoms with Crippen molar-refractivity contribution in [2.45, 2.75) is 26.0 Å². The molecule has 1 aromatic heterocycles. The predicted octanol–water partition coefficient (Wildman–Crippen LogP) is 2.77. The van der Waals surface area contributed by atoms with Crippen LogP contribution in [0.1, 0.15) is 24.9 Å². The Morgan fingerprint density at radius 1 is 1.43 bits per heavy atom. The quantitative estimate of drug-likeness (QED) is 0.859. The second-order valence-corrected chi connectivity index (χ2v) is 4.88. The molecule has 0 amide bonds. The Hall–Kier alpha value is -0.290. The molecule has 0 radical (unpaired) electrons. The van der Waals surface area contributed by atoms with E-state index in [0.29, 0.717) is 5.82 Å². The van der Waals surface area contributed by atoms with E-state index in [9.17, 15) is 0 Å². The summed E-state index contributed by atoms with van der Waals surface area (Å²) in [5, 5.41) is 0. The number of nitrogens with zero attached hydrogens (tertiary/aromatic N) is 2. The number of aryl methyl sites for hydroxylation is 1. The largest absolute Gasteiger partial charge is 0.383 e. The lowest BCUT2D eigenvalue weighted by atomic mass is 10.4. The molecule has 0 saturated heterocycles. The van der Waals surface area contributed by atoms with E-state index in [4.69, 9.17) is 5.73 Å². The van der Waals surface area contributed by atoms with Crippen LogP contribution < -0.4 is 5.73 Å². The standard InChI is InChI=1S/C9H14BrN3S/c1-3-4-14-5-7-12-6(2)8(10)9(11)13-7/h3-5H2,1-2H3,(H2,11,12,13). The number of rotatable bonds is 4. The lowest BCUT2D eigenvalue weighted by Gasteiger charge is -2.05. The summed E-state index contributed by atoms with van der Waals surface area (Å²) in [6.45, 7) is 4.09. The van der Waals surface area contributed by atoms with Gasteiger partial charge in [0.1, 0.15) is 11.6 Å². The molecule has 14 heavy (non-hydrogen) atoms. The van der Waals surface area contributed by atoms with E-state index < -0.39 is 0 Å². The fraction of sp³-hybridized carbons (Fsp3) is 0.556. The number of aromatic nitrogens is 2. The van der Waals surface area contributed by atoms with Gasteiger partial charge in [0.15, 0.2) is 0 Å². The summed E-state index contributed by atoms with van der Waals surface area (Å²) >= 11 is 5.17. The van der Waals surface area contributed by atoms with Crippen LogP contribution in [0.4, 0.5) is 5.82 Å². The highest BCUT2D eigenvalue weighted by Crippen LogP contribution is 2.21. The van der Waals surface area contributed by atoms with Crippen LogP contribution in [0, 0.1) is 6.92 Å². The predicted molar refractivity (Wildman–Crippen MR) is 65.3 cm³/mol. The number of hydrogen-bond acceptors (Lipinski definition) is 4. The van der Waals surface area contributed by atoms with E-state index >= 15 is 0 Å². The Morgan fingerprint density at radius 3 is 2.71 bits per heavy atom. The number of halogens is 1. The zero-order valence-electron chi connectivity index (χ0n) is 8.38. The first-order valence-corrected chi connectivity index (χ1v) is 6.46. The van der Waals surface area contributed by atoms with Gasteiger partial charge in [-0.25, -0.2) is 9.97 Å². The molecule has 1 heterocycles. The molecule has 1 rings (SSSR count). The third-order valence-corrected chi connectivity index (χ3v) is 3.81. The van der Waals surface area contributed by atoms with Gasteiger partial charge in [-0.2, -0.15) is 11.8 Å². The van der Waals surface area contributed by atoms with Gasteiger partial charge in [0.2, 0.25) is 0 Å². The van der Waals surface area contributed by atoms with Crippen LogP contribution >= 0.6 is 27.7 Å². The summed E-state index contributed by atoms with van der Waals surface area (Å²) < 4.78 is 0.807. The average Bonchev–Trinajstić information content (AvgIpc) is 2.14. The lowest BCUT2D eigenvalue weighted by Crippen LogP contribution is -2.02. The lowest BCUT2D eigenvalue weighted by molar-refractivity contribution is 0.989. The van der Waals surface area contributed by atoms with E-state index in [1.165, 1.54) is 6.42 Å². The van der Waals surface area contributed by atoms with Crippen LogP contribution in [-0.4, -0.2) is 15.7 Å². The van der Waals surface area contributed by atoms with Crippen molar-refractivity contribution in [2.75, 3.05) is 11.5 Å². The second-order valence-electron chi connectivity index (χ2n) is 2.98. The fourth-order valence-corrected chi connectivity index (χ4v) is 1.94. The number of nitrogens with two attached hydrogens (primary N) is 1. The van der Waals surface area contributed by atoms with E-state index in [1.807, 2.05) is 18.7 Å². The first-order valence-electron chi connectivity index (χ1n) is 4.51. The highest BCUT2D eigenvalue weighted by Gasteiger charge is 2.05. The number of hydrogen-bond donors (Lipinski definition) is 1. The van der Waals surface area contributed by atoms with E-state index in [-0.39, 0.29) is 0 Å². The first-order chi connectivity index (χ1) is 6.65. The Bertz CT molecular complexity index is 294. The van der Waals surface area contributed by atoms with E-state index in [2.05, 4.69) is 32.8 Å². The van der Waals surface area contributed by atoms with Crippen LogP contribution in [0.15, 0.2) is 4.47 Å². The minimum Gasteiger partial charge on any atom is -0.383 e. The van der Waals surface area contributed by atoms with E-state index in [1.54, 1.807) is 0 Å². The van der Waals surface area contributed by atoms with Gasteiger partial charge < -0.3 is 5.73 Å². The third kappa shape index (κ3) is 3.13. The molecule has 0 aliphatic carbocycles. The molecule has 0 unspecified atom stereocenters. The van der Waals surface area contributed by atoms with Crippen molar-refractivity contribution in [3.63, 3.8) is 0 Å². The van der Waals surface area contributed by atoms with Gasteiger partial charge in [0.25, 0.3) is 0 Å². The summed E-state index contributed by atoms with van der Waals surface area (Å²) in [4.78, 5) is 8.55. The molecule has 78 valence electrons. The minimum absolute atomic E-state index is 0.532. The zero-order chi connectivity index (χ0) is 10.6. The summed E-state index contributed by atoms with van der Waals surface area (Å²) in [5.41, 5.74) is 6.63. The second kappa shape index (κ2) is 5.56. The smallest absolute Gasteiger partial charge is 0.141 e. The molecule has 1 aromatic rings. The molecule has 0 aliphatic heterocycles. The summed E-state index contributed by atoms with van der Waals surface area (Å²) in [6.07, 6.45) is 1.18. The molecular formula is C9H14BrN3S. The Labute approximate surface area is 97.0 Å². The molecule has 0 fully saturated rings. The maximum atomic E-state index is 5.72. The maximum absolute atomic E-state index is 5.72. The van der Waals surface area contributed by atoms with Gasteiger partial charge in [0, 0.05) is 0 Å². The summed E-state index contributed by atoms with van der Waals surface area (Å²) in [6, 6.07) is 0. The van der Waals surface area contributed by atoms with Crippen molar-refractivity contribution in [1.82, 2.24) is 9.97 Å². The van der Waals surface area contributed by atoms with Gasteiger partial charge in [-0.05, 0) is 35.0 Å². The van der Waals surface area contributed by atoms with Crippen molar-refractivity contribution in [3.8, 4) is 0 Å². The van der Waals surface area contributed by atoms with E-state index in [0.717, 1.165) is 27.5 Å². The molecule has 0 aromatic carbocycles. The molecule has 2 N–H and O–H groups in total. The summed E-state index contributed by atoms with van der Waals surface area (Å²) in [5.74, 6) is 3.33. The molecule has 0 spiro atoms. The van der Waals surface area contributed by atoms with Crippen molar-refractivity contribution >= 4 is 33.5 Å². The van der Waals surface area contributed by atoms with Crippen LogP contribution in [0.25, 0.3) is 0 Å². The Morgan fingerprint density at radius 2 is 2.14 bits per heavy atom. The average molecular weight is 276 g/mol. The number of anilines is 1. The molecule has 5 heteroatoms. The van der Waals surface area contributed by atoms with Gasteiger partial charge >= 0.3 is 0 Å². The van der Waals surface area contributed by atoms with Crippen molar-refractivity contribution in [1.29, 1.82) is 0 Å². The maximum Gasteiger partial charge on any atom is 0.141 e. The summed E-state index contributed by atoms with van der Waals surface area (Å²) in [7, 11) is 0. The third-order valence-electron chi connectivity index (χ3n) is 1.67. The minimum atomic E-state index is 0.532. The van der Waals surface area contributed by atoms with Crippen LogP contribution in [0.3, 0.4) is 0 Å². The van der Waals surface area contributed by atoms with Crippen molar-refractivity contribution < 1.29 is 0 Å². The SMILES string of the molecule is CCCSCc1nc(C)c(Br)c(N)n1. The first kappa shape index (κ1) is 11.8. The number of nitrogen functional groups attached to an aromatic ring is 1.